The Hall–Kier alpha value is -2.54. The summed E-state index contributed by atoms with van der Waals surface area (Å²) in [6.07, 6.45) is 1.78. The summed E-state index contributed by atoms with van der Waals surface area (Å²) in [4.78, 5) is 5.29. The molecule has 150 valence electrons. The fraction of sp³-hybridized carbons (Fsp3) is 0.0870. The summed E-state index contributed by atoms with van der Waals surface area (Å²) >= 11 is 8.30. The lowest BCUT2D eigenvalue weighted by molar-refractivity contribution is 0.686. The maximum atomic E-state index is 12.9. The van der Waals surface area contributed by atoms with E-state index in [1.807, 2.05) is 72.8 Å². The normalized spacial score (nSPS) is 14.4. The molecule has 1 aliphatic heterocycles. The Morgan fingerprint density at radius 3 is 2.60 bits per heavy atom. The van der Waals surface area contributed by atoms with Gasteiger partial charge in [0.1, 0.15) is 11.0 Å². The number of rotatable bonds is 5. The summed E-state index contributed by atoms with van der Waals surface area (Å²) < 4.78 is 18.2. The van der Waals surface area contributed by atoms with Crippen LogP contribution in [0.4, 0.5) is 11.4 Å². The zero-order valence-corrected chi connectivity index (χ0v) is 18.3. The first-order valence-electron chi connectivity index (χ1n) is 9.52. The van der Waals surface area contributed by atoms with Gasteiger partial charge < -0.3 is 9.03 Å². The lowest BCUT2D eigenvalue weighted by atomic mass is 10.0. The van der Waals surface area contributed by atoms with E-state index < -0.39 is 11.0 Å². The second-order valence-corrected chi connectivity index (χ2v) is 9.60. The van der Waals surface area contributed by atoms with E-state index in [4.69, 9.17) is 11.6 Å². The van der Waals surface area contributed by atoms with Crippen molar-refractivity contribution in [2.75, 3.05) is 21.3 Å². The standard InChI is InChI=1S/C23H18ClN3OS2/c24-22-10-5-17(15-21(22)23-20-4-2-1-3-16(20)11-12-25-23)26-30(28)19-8-6-18(7-9-19)27-13-14-29-27/h1-12,15,26H,13-14H2. The molecule has 1 fully saturated rings. The van der Waals surface area contributed by atoms with Crippen LogP contribution in [0.15, 0.2) is 83.9 Å². The summed E-state index contributed by atoms with van der Waals surface area (Å²) in [5.41, 5.74) is 3.48. The number of pyridine rings is 1. The molecule has 0 radical (unpaired) electrons. The Morgan fingerprint density at radius 1 is 1.03 bits per heavy atom. The number of hydrogen-bond acceptors (Lipinski definition) is 4. The summed E-state index contributed by atoms with van der Waals surface area (Å²) in [6.45, 7) is 1.06. The first-order valence-corrected chi connectivity index (χ1v) is 12.0. The predicted molar refractivity (Wildman–Crippen MR) is 128 cm³/mol. The van der Waals surface area contributed by atoms with Crippen LogP contribution in [0.5, 0.6) is 0 Å². The molecule has 30 heavy (non-hydrogen) atoms. The molecule has 4 nitrogen and oxygen atoms in total. The highest BCUT2D eigenvalue weighted by Gasteiger charge is 2.16. The molecule has 1 saturated heterocycles. The molecule has 0 amide bonds. The van der Waals surface area contributed by atoms with E-state index >= 15 is 0 Å². The molecular weight excluding hydrogens is 434 g/mol. The summed E-state index contributed by atoms with van der Waals surface area (Å²) in [6, 6.07) is 23.4. The van der Waals surface area contributed by atoms with E-state index in [0.29, 0.717) is 5.02 Å². The van der Waals surface area contributed by atoms with Crippen LogP contribution in [0.3, 0.4) is 0 Å². The van der Waals surface area contributed by atoms with E-state index in [2.05, 4.69) is 14.0 Å². The van der Waals surface area contributed by atoms with Crippen LogP contribution in [-0.4, -0.2) is 21.5 Å². The van der Waals surface area contributed by atoms with E-state index in [1.54, 1.807) is 18.1 Å². The predicted octanol–water partition coefficient (Wildman–Crippen LogP) is 6.16. The van der Waals surface area contributed by atoms with Gasteiger partial charge in [0.05, 0.1) is 15.6 Å². The Bertz CT molecular complexity index is 1240. The summed E-state index contributed by atoms with van der Waals surface area (Å²) in [5.74, 6) is 1.15. The molecule has 3 aromatic carbocycles. The lowest BCUT2D eigenvalue weighted by Crippen LogP contribution is -2.28. The van der Waals surface area contributed by atoms with Crippen LogP contribution < -0.4 is 9.03 Å². The number of nitrogens with one attached hydrogen (secondary N) is 1. The van der Waals surface area contributed by atoms with Crippen LogP contribution in [0, 0.1) is 0 Å². The number of benzene rings is 3. The molecule has 0 saturated carbocycles. The zero-order valence-electron chi connectivity index (χ0n) is 15.9. The molecule has 2 heterocycles. The molecule has 0 aliphatic carbocycles. The van der Waals surface area contributed by atoms with Crippen molar-refractivity contribution in [2.24, 2.45) is 0 Å². The monoisotopic (exact) mass is 451 g/mol. The van der Waals surface area contributed by atoms with Gasteiger partial charge in [0.15, 0.2) is 0 Å². The van der Waals surface area contributed by atoms with Crippen molar-refractivity contribution >= 4 is 56.7 Å². The maximum absolute atomic E-state index is 12.9. The summed E-state index contributed by atoms with van der Waals surface area (Å²) in [7, 11) is -1.38. The van der Waals surface area contributed by atoms with Gasteiger partial charge in [-0.2, -0.15) is 0 Å². The molecule has 1 N–H and O–H groups in total. The Morgan fingerprint density at radius 2 is 1.83 bits per heavy atom. The van der Waals surface area contributed by atoms with Crippen LogP contribution in [0.2, 0.25) is 5.02 Å². The van der Waals surface area contributed by atoms with Gasteiger partial charge in [-0.3, -0.25) is 4.98 Å². The molecular formula is C23H18ClN3OS2. The Balaban J connectivity index is 1.42. The van der Waals surface area contributed by atoms with Gasteiger partial charge in [0, 0.05) is 40.8 Å². The SMILES string of the molecule is O=S(Nc1ccc(Cl)c(-c2nccc3ccccc23)c1)c1ccc(N2CCS2)cc1. The van der Waals surface area contributed by atoms with E-state index in [-0.39, 0.29) is 0 Å². The fourth-order valence-corrected chi connectivity index (χ4v) is 5.08. The smallest absolute Gasteiger partial charge is 0.150 e. The third-order valence-corrected chi connectivity index (χ3v) is 7.51. The number of aromatic nitrogens is 1. The molecule has 5 rings (SSSR count). The van der Waals surface area contributed by atoms with Crippen molar-refractivity contribution < 1.29 is 4.21 Å². The van der Waals surface area contributed by atoms with Gasteiger partial charge in [0.2, 0.25) is 0 Å². The maximum Gasteiger partial charge on any atom is 0.150 e. The quantitative estimate of drug-likeness (QED) is 0.369. The minimum absolute atomic E-state index is 0.603. The molecule has 1 aliphatic rings. The van der Waals surface area contributed by atoms with Crippen molar-refractivity contribution in [3.63, 3.8) is 0 Å². The third-order valence-electron chi connectivity index (χ3n) is 4.99. The van der Waals surface area contributed by atoms with Gasteiger partial charge in [-0.25, -0.2) is 4.21 Å². The highest BCUT2D eigenvalue weighted by molar-refractivity contribution is 8.02. The van der Waals surface area contributed by atoms with E-state index in [1.165, 1.54) is 0 Å². The average Bonchev–Trinajstić information content (AvgIpc) is 2.74. The number of hydrogen-bond donors (Lipinski definition) is 1. The van der Waals surface area contributed by atoms with Gasteiger partial charge in [-0.15, -0.1) is 0 Å². The molecule has 1 unspecified atom stereocenters. The van der Waals surface area contributed by atoms with Gasteiger partial charge in [-0.1, -0.05) is 35.9 Å². The molecule has 0 spiro atoms. The van der Waals surface area contributed by atoms with Gasteiger partial charge in [0.25, 0.3) is 0 Å². The van der Waals surface area contributed by atoms with E-state index in [9.17, 15) is 4.21 Å². The molecule has 7 heteroatoms. The van der Waals surface area contributed by atoms with Crippen molar-refractivity contribution in [2.45, 2.75) is 4.90 Å². The zero-order chi connectivity index (χ0) is 20.5. The van der Waals surface area contributed by atoms with Crippen molar-refractivity contribution in [1.29, 1.82) is 0 Å². The Kier molecular flexibility index (Phi) is 5.37. The van der Waals surface area contributed by atoms with E-state index in [0.717, 1.165) is 50.6 Å². The highest BCUT2D eigenvalue weighted by Crippen LogP contribution is 2.34. The lowest BCUT2D eigenvalue weighted by Gasteiger charge is -2.31. The van der Waals surface area contributed by atoms with Crippen molar-refractivity contribution in [3.8, 4) is 11.3 Å². The Labute approximate surface area is 187 Å². The van der Waals surface area contributed by atoms with Gasteiger partial charge in [-0.05, 0) is 65.9 Å². The fourth-order valence-electron chi connectivity index (χ4n) is 3.39. The van der Waals surface area contributed by atoms with Crippen molar-refractivity contribution in [3.05, 3.63) is 84.0 Å². The molecule has 1 aromatic heterocycles. The minimum atomic E-state index is -1.38. The van der Waals surface area contributed by atoms with Crippen LogP contribution in [-0.2, 0) is 11.0 Å². The highest BCUT2D eigenvalue weighted by atomic mass is 35.5. The van der Waals surface area contributed by atoms with Gasteiger partial charge >= 0.3 is 0 Å². The van der Waals surface area contributed by atoms with Crippen LogP contribution in [0.25, 0.3) is 22.0 Å². The number of fused-ring (bicyclic) bond motifs is 1. The largest absolute Gasteiger partial charge is 0.315 e. The topological polar surface area (TPSA) is 45.2 Å². The second kappa shape index (κ2) is 8.30. The number of nitrogens with zero attached hydrogens (tertiary/aromatic N) is 2. The average molecular weight is 452 g/mol. The molecule has 4 aromatic rings. The second-order valence-electron chi connectivity index (χ2n) is 6.88. The third kappa shape index (κ3) is 3.78. The van der Waals surface area contributed by atoms with Crippen molar-refractivity contribution in [1.82, 2.24) is 4.98 Å². The minimum Gasteiger partial charge on any atom is -0.315 e. The van der Waals surface area contributed by atoms with Crippen LogP contribution >= 0.6 is 23.5 Å². The number of halogens is 1. The molecule has 1 atom stereocenters. The molecule has 0 bridgehead atoms. The van der Waals surface area contributed by atoms with Crippen LogP contribution in [0.1, 0.15) is 0 Å². The number of anilines is 2. The first kappa shape index (κ1) is 19.4. The summed E-state index contributed by atoms with van der Waals surface area (Å²) in [5, 5.41) is 2.73. The first-order chi connectivity index (χ1) is 14.7.